The molecule has 0 amide bonds. The van der Waals surface area contributed by atoms with E-state index in [4.69, 9.17) is 2.50 Å². The zero-order valence-corrected chi connectivity index (χ0v) is 25.8. The molecule has 0 bridgehead atoms. The Morgan fingerprint density at radius 3 is 1.96 bits per heavy atom. The molecule has 0 saturated carbocycles. The first kappa shape index (κ1) is 28.7. The van der Waals surface area contributed by atoms with E-state index in [-0.39, 0.29) is 30.4 Å². The third kappa shape index (κ3) is 4.42. The van der Waals surface area contributed by atoms with Crippen LogP contribution in [0.2, 0.25) is 41.5 Å². The summed E-state index contributed by atoms with van der Waals surface area (Å²) >= 11 is -4.79. The van der Waals surface area contributed by atoms with E-state index in [0.29, 0.717) is 0 Å². The van der Waals surface area contributed by atoms with Crippen molar-refractivity contribution in [2.45, 2.75) is 81.2 Å². The largest absolute Gasteiger partial charge is 0.147 e. The average Bonchev–Trinajstić information content (AvgIpc) is 2.79. The van der Waals surface area contributed by atoms with Crippen LogP contribution in [0.15, 0.2) is 21.5 Å². The van der Waals surface area contributed by atoms with Crippen LogP contribution < -0.4 is 3.26 Å². The Labute approximate surface area is 167 Å². The molecule has 0 spiro atoms. The molecule has 0 saturated heterocycles. The van der Waals surface area contributed by atoms with Gasteiger partial charge in [0.1, 0.15) is 0 Å². The molecule has 0 aliphatic heterocycles. The molecule has 2 nitrogen and oxygen atoms in total. The molecule has 1 aliphatic rings. The Balaban J connectivity index is 0. The standard InChI is InChI=1S/C5H5.C4H10N.C3H9OSi.C2H7Si.C2H5.CH3.2ClH.H2Si.Zr/c1-2-4-5-3-1;1-4(2,3)5;1-5(2,3)4;1-3-2;1-2;;;;;/h1-3H,4H2;5H,1-3H3;1-3H3;3H,1-2H3;1H2,2H3;1H3;2*1H;1H2;/q;2*-1;;;;;;;+2. The van der Waals surface area contributed by atoms with Gasteiger partial charge in [-0.1, -0.05) is 0 Å². The molecule has 152 valence electrons. The average molecular weight is 524 g/mol. The van der Waals surface area contributed by atoms with Crippen molar-refractivity contribution in [1.29, 1.82) is 0 Å². The van der Waals surface area contributed by atoms with Crippen LogP contribution >= 0.6 is 24.8 Å². The zero-order valence-electron chi connectivity index (χ0n) is 18.2. The van der Waals surface area contributed by atoms with Gasteiger partial charge >= 0.3 is 144 Å². The molecule has 0 atom stereocenters. The van der Waals surface area contributed by atoms with Gasteiger partial charge in [-0.2, -0.15) is 0 Å². The fraction of sp³-hybridized carbons (Fsp3) is 0.765. The molecule has 0 aromatic carbocycles. The molecule has 1 N–H and O–H groups in total. The normalized spacial score (nSPS) is 19.8. The first-order valence-corrected chi connectivity index (χ1v) is 33.4. The van der Waals surface area contributed by atoms with Crippen molar-refractivity contribution < 1.29 is 16.8 Å². The van der Waals surface area contributed by atoms with Gasteiger partial charge < -0.3 is 0 Å². The number of hydrogen-bond donors (Lipinski definition) is 1. The van der Waals surface area contributed by atoms with Gasteiger partial charge in [0.2, 0.25) is 0 Å². The number of hydrogen-bond acceptors (Lipinski definition) is 2. The van der Waals surface area contributed by atoms with Gasteiger partial charge in [-0.15, -0.1) is 24.8 Å². The SMILES string of the molecule is C[CH2][Zr]([CH3])(=[SiH2])([NH]C(C)(C)C)([O][Si](C)(C)C)([C]1=CC=CC1)[SiH](C)C.Cl.Cl. The summed E-state index contributed by atoms with van der Waals surface area (Å²) in [5.41, 5.74) is 0.0363. The van der Waals surface area contributed by atoms with Crippen LogP contribution in [0.5, 0.6) is 0 Å². The molecule has 0 heterocycles. The molecule has 0 radical (unpaired) electrons. The summed E-state index contributed by atoms with van der Waals surface area (Å²) in [5.74, 6) is -1.24. The van der Waals surface area contributed by atoms with Crippen LogP contribution in [0.1, 0.15) is 34.1 Å². The summed E-state index contributed by atoms with van der Waals surface area (Å²) in [6, 6.07) is 0. The van der Waals surface area contributed by atoms with Crippen molar-refractivity contribution in [2.75, 3.05) is 0 Å². The molecule has 0 aromatic rings. The summed E-state index contributed by atoms with van der Waals surface area (Å²) < 4.78 is 17.4. The molecule has 1 aliphatic carbocycles. The van der Waals surface area contributed by atoms with E-state index in [1.165, 1.54) is 0 Å². The van der Waals surface area contributed by atoms with Crippen molar-refractivity contribution in [3.05, 3.63) is 21.5 Å². The maximum atomic E-state index is 7.64. The number of allylic oxidation sites excluding steroid dienone is 4. The minimum absolute atomic E-state index is 0. The predicted octanol–water partition coefficient (Wildman–Crippen LogP) is 5.52. The second kappa shape index (κ2) is 6.79. The maximum absolute atomic E-state index is 7.64. The molecular weight excluding hydrogens is 481 g/mol. The number of halogens is 2. The zero-order chi connectivity index (χ0) is 18.5. The van der Waals surface area contributed by atoms with Crippen LogP contribution in [0.25, 0.3) is 0 Å². The Morgan fingerprint density at radius 2 is 1.72 bits per heavy atom. The van der Waals surface area contributed by atoms with Gasteiger partial charge in [0.25, 0.3) is 0 Å². The van der Waals surface area contributed by atoms with Crippen LogP contribution in [0, 0.1) is 0 Å². The Morgan fingerprint density at radius 1 is 1.24 bits per heavy atom. The van der Waals surface area contributed by atoms with E-state index in [0.717, 1.165) is 10.5 Å². The third-order valence-corrected chi connectivity index (χ3v) is 105. The van der Waals surface area contributed by atoms with Crippen molar-refractivity contribution in [3.8, 4) is 0 Å². The van der Waals surface area contributed by atoms with E-state index in [9.17, 15) is 0 Å². The van der Waals surface area contributed by atoms with Crippen LogP contribution in [0.4, 0.5) is 0 Å². The van der Waals surface area contributed by atoms with Crippen molar-refractivity contribution in [3.63, 3.8) is 0 Å². The molecule has 25 heavy (non-hydrogen) atoms. The fourth-order valence-electron chi connectivity index (χ4n) is 5.46. The van der Waals surface area contributed by atoms with Gasteiger partial charge in [-0.25, -0.2) is 0 Å². The fourth-order valence-corrected chi connectivity index (χ4v) is 86.0. The monoisotopic (exact) mass is 521 g/mol. The summed E-state index contributed by atoms with van der Waals surface area (Å²) in [7, 11) is -1.77. The van der Waals surface area contributed by atoms with E-state index < -0.39 is 28.6 Å². The smallest absolute Gasteiger partial charge is 0.147 e. The minimum atomic E-state index is -4.79. The van der Waals surface area contributed by atoms with Gasteiger partial charge in [-0.3, -0.25) is 0 Å². The molecule has 0 unspecified atom stereocenters. The Bertz CT molecular complexity index is 680. The Kier molecular flexibility index (Phi) is 7.80. The van der Waals surface area contributed by atoms with Crippen molar-refractivity contribution in [2.24, 2.45) is 0 Å². The van der Waals surface area contributed by atoms with Gasteiger partial charge in [0, 0.05) is 0 Å². The van der Waals surface area contributed by atoms with E-state index >= 15 is 0 Å². The molecule has 0 aromatic heterocycles. The molecule has 0 fully saturated rings. The Hall–Kier alpha value is 1.51. The predicted molar refractivity (Wildman–Crippen MR) is 127 cm³/mol. The van der Waals surface area contributed by atoms with Crippen LogP contribution in [-0.2, 0) is 16.8 Å². The van der Waals surface area contributed by atoms with E-state index in [1.807, 2.05) is 0 Å². The second-order valence-corrected chi connectivity index (χ2v) is 85.6. The maximum Gasteiger partial charge on any atom is -0.147 e. The summed E-state index contributed by atoms with van der Waals surface area (Å²) in [6.45, 7) is 23.9. The van der Waals surface area contributed by atoms with Crippen LogP contribution in [0.3, 0.4) is 0 Å². The third-order valence-electron chi connectivity index (χ3n) is 7.11. The van der Waals surface area contributed by atoms with Gasteiger partial charge in [0.15, 0.2) is 0 Å². The van der Waals surface area contributed by atoms with E-state index in [2.05, 4.69) is 93.4 Å². The molecule has 1 rings (SSSR count). The number of nitrogens with one attached hydrogen (secondary N) is 1. The topological polar surface area (TPSA) is 21.3 Å². The second-order valence-electron chi connectivity index (χ2n) is 11.5. The van der Waals surface area contributed by atoms with Gasteiger partial charge in [-0.05, 0) is 0 Å². The molecule has 8 heteroatoms. The first-order chi connectivity index (χ1) is 9.88. The summed E-state index contributed by atoms with van der Waals surface area (Å²) in [4.78, 5) is 0. The van der Waals surface area contributed by atoms with Crippen molar-refractivity contribution >= 4 is 45.9 Å². The first-order valence-electron chi connectivity index (χ1n) is 9.23. The minimum Gasteiger partial charge on any atom is -0.147 e. The van der Waals surface area contributed by atoms with Gasteiger partial charge in [0.05, 0.1) is 0 Å². The molecular formula is C17H43Cl2NOSi3Zr. The quantitative estimate of drug-likeness (QED) is 0.463. The van der Waals surface area contributed by atoms with E-state index in [1.54, 1.807) is 3.28 Å². The van der Waals surface area contributed by atoms with Crippen molar-refractivity contribution in [1.82, 2.24) is 3.26 Å². The summed E-state index contributed by atoms with van der Waals surface area (Å²) in [5, 5.41) is 0. The number of rotatable bonds is 6. The summed E-state index contributed by atoms with van der Waals surface area (Å²) in [6.07, 6.45) is 8.05. The van der Waals surface area contributed by atoms with Crippen LogP contribution in [-0.4, -0.2) is 26.7 Å².